The molecule has 2 unspecified atom stereocenters. The van der Waals surface area contributed by atoms with Crippen molar-refractivity contribution in [1.82, 2.24) is 10.3 Å². The molecule has 3 N–H and O–H groups in total. The summed E-state index contributed by atoms with van der Waals surface area (Å²) in [6, 6.07) is 3.40. The van der Waals surface area contributed by atoms with Crippen molar-refractivity contribution < 1.29 is 9.21 Å². The minimum absolute atomic E-state index is 0.153. The maximum atomic E-state index is 11.9. The van der Waals surface area contributed by atoms with Crippen LogP contribution in [0.5, 0.6) is 0 Å². The van der Waals surface area contributed by atoms with Gasteiger partial charge in [0.25, 0.3) is 0 Å². The Morgan fingerprint density at radius 3 is 3.05 bits per heavy atom. The molecule has 5 nitrogen and oxygen atoms in total. The van der Waals surface area contributed by atoms with E-state index in [2.05, 4.69) is 10.3 Å². The van der Waals surface area contributed by atoms with Gasteiger partial charge in [-0.3, -0.25) is 4.79 Å². The lowest BCUT2D eigenvalue weighted by Crippen LogP contribution is -2.44. The number of aromatic nitrogens is 1. The summed E-state index contributed by atoms with van der Waals surface area (Å²) in [7, 11) is 0. The minimum Gasteiger partial charge on any atom is -0.443 e. The van der Waals surface area contributed by atoms with Gasteiger partial charge in [-0.15, -0.1) is 11.3 Å². The molecule has 2 heterocycles. The Morgan fingerprint density at radius 2 is 2.40 bits per heavy atom. The molecule has 0 saturated carbocycles. The van der Waals surface area contributed by atoms with E-state index in [9.17, 15) is 4.79 Å². The van der Waals surface area contributed by atoms with Gasteiger partial charge in [-0.1, -0.05) is 26.3 Å². The van der Waals surface area contributed by atoms with Crippen LogP contribution in [0, 0.1) is 5.92 Å². The van der Waals surface area contributed by atoms with Crippen LogP contribution in [0.1, 0.15) is 26.0 Å². The average Bonchev–Trinajstić information content (AvgIpc) is 3.13. The molecule has 20 heavy (non-hydrogen) atoms. The highest BCUT2D eigenvalue weighted by atomic mass is 32.1. The summed E-state index contributed by atoms with van der Waals surface area (Å²) < 4.78 is 5.39. The molecule has 108 valence electrons. The lowest BCUT2D eigenvalue weighted by Gasteiger charge is -2.17. The van der Waals surface area contributed by atoms with Gasteiger partial charge in [0.1, 0.15) is 6.26 Å². The second kappa shape index (κ2) is 6.67. The molecule has 2 rings (SSSR count). The van der Waals surface area contributed by atoms with E-state index in [0.29, 0.717) is 18.1 Å². The lowest BCUT2D eigenvalue weighted by molar-refractivity contribution is -0.123. The first kappa shape index (κ1) is 14.7. The van der Waals surface area contributed by atoms with Crippen LogP contribution in [0.25, 0.3) is 10.8 Å². The smallest absolute Gasteiger partial charge is 0.237 e. The van der Waals surface area contributed by atoms with Crippen LogP contribution in [-0.2, 0) is 11.3 Å². The molecule has 0 aromatic carbocycles. The second-order valence-electron chi connectivity index (χ2n) is 4.75. The highest BCUT2D eigenvalue weighted by molar-refractivity contribution is 7.13. The number of nitrogens with zero attached hydrogens (tertiary/aromatic N) is 1. The summed E-state index contributed by atoms with van der Waals surface area (Å²) in [6.07, 6.45) is 2.44. The maximum absolute atomic E-state index is 11.9. The number of hydrogen-bond donors (Lipinski definition) is 2. The molecular weight excluding hydrogens is 274 g/mol. The van der Waals surface area contributed by atoms with E-state index < -0.39 is 6.04 Å². The fraction of sp³-hybridized carbons (Fsp3) is 0.429. The van der Waals surface area contributed by atoms with Crippen molar-refractivity contribution in [1.29, 1.82) is 0 Å². The number of carbonyl (C=O) groups is 1. The molecule has 2 atom stereocenters. The summed E-state index contributed by atoms with van der Waals surface area (Å²) in [5.41, 5.74) is 6.56. The normalized spacial score (nSPS) is 13.9. The molecule has 2 aromatic heterocycles. The average molecular weight is 293 g/mol. The van der Waals surface area contributed by atoms with Gasteiger partial charge in [-0.25, -0.2) is 4.98 Å². The van der Waals surface area contributed by atoms with Gasteiger partial charge < -0.3 is 15.5 Å². The Labute approximate surface area is 122 Å². The SMILES string of the molecule is CCC(C)C(N)C(=O)NCc1coc(-c2cccs2)n1. The summed E-state index contributed by atoms with van der Waals surface area (Å²) in [4.78, 5) is 17.2. The van der Waals surface area contributed by atoms with Crippen molar-refractivity contribution in [2.45, 2.75) is 32.9 Å². The third kappa shape index (κ3) is 3.46. The molecular formula is C14H19N3O2S. The summed E-state index contributed by atoms with van der Waals surface area (Å²) in [5.74, 6) is 0.587. The van der Waals surface area contributed by atoms with Crippen LogP contribution in [0.2, 0.25) is 0 Å². The predicted molar refractivity (Wildman–Crippen MR) is 79.1 cm³/mol. The number of nitrogens with one attached hydrogen (secondary N) is 1. The van der Waals surface area contributed by atoms with E-state index in [1.165, 1.54) is 0 Å². The molecule has 0 radical (unpaired) electrons. The van der Waals surface area contributed by atoms with Gasteiger partial charge in [0.05, 0.1) is 23.2 Å². The molecule has 2 aromatic rings. The van der Waals surface area contributed by atoms with Crippen LogP contribution in [0.15, 0.2) is 28.2 Å². The van der Waals surface area contributed by atoms with Gasteiger partial charge in [0, 0.05) is 0 Å². The van der Waals surface area contributed by atoms with E-state index >= 15 is 0 Å². The zero-order valence-corrected chi connectivity index (χ0v) is 12.4. The van der Waals surface area contributed by atoms with E-state index in [4.69, 9.17) is 10.2 Å². The first-order chi connectivity index (χ1) is 9.61. The standard InChI is InChI=1S/C14H19N3O2S/c1-3-9(2)12(15)13(18)16-7-10-8-19-14(17-10)11-5-4-6-20-11/h4-6,8-9,12H,3,7,15H2,1-2H3,(H,16,18). The zero-order chi connectivity index (χ0) is 14.5. The molecule has 0 spiro atoms. The van der Waals surface area contributed by atoms with Gasteiger partial charge in [0.15, 0.2) is 0 Å². The molecule has 6 heteroatoms. The van der Waals surface area contributed by atoms with Crippen LogP contribution in [0.4, 0.5) is 0 Å². The second-order valence-corrected chi connectivity index (χ2v) is 5.70. The Bertz CT molecular complexity index is 551. The van der Waals surface area contributed by atoms with E-state index in [0.717, 1.165) is 11.3 Å². The number of amides is 1. The van der Waals surface area contributed by atoms with Crippen LogP contribution in [0.3, 0.4) is 0 Å². The minimum atomic E-state index is -0.483. The molecule has 0 aliphatic heterocycles. The van der Waals surface area contributed by atoms with Crippen LogP contribution < -0.4 is 11.1 Å². The van der Waals surface area contributed by atoms with Crippen LogP contribution >= 0.6 is 11.3 Å². The van der Waals surface area contributed by atoms with Gasteiger partial charge in [-0.05, 0) is 17.4 Å². The number of rotatable bonds is 6. The summed E-state index contributed by atoms with van der Waals surface area (Å²) in [6.45, 7) is 4.32. The number of hydrogen-bond acceptors (Lipinski definition) is 5. The van der Waals surface area contributed by atoms with Crippen molar-refractivity contribution >= 4 is 17.2 Å². The fourth-order valence-corrected chi connectivity index (χ4v) is 2.36. The monoisotopic (exact) mass is 293 g/mol. The van der Waals surface area contributed by atoms with Crippen molar-refractivity contribution in [3.8, 4) is 10.8 Å². The number of thiophene rings is 1. The fourth-order valence-electron chi connectivity index (χ4n) is 1.71. The third-order valence-electron chi connectivity index (χ3n) is 3.29. The Morgan fingerprint density at radius 1 is 1.60 bits per heavy atom. The molecule has 0 fully saturated rings. The highest BCUT2D eigenvalue weighted by Crippen LogP contribution is 2.23. The van der Waals surface area contributed by atoms with E-state index in [1.807, 2.05) is 31.4 Å². The van der Waals surface area contributed by atoms with E-state index in [-0.39, 0.29) is 11.8 Å². The third-order valence-corrected chi connectivity index (χ3v) is 4.15. The zero-order valence-electron chi connectivity index (χ0n) is 11.6. The molecule has 0 saturated heterocycles. The van der Waals surface area contributed by atoms with Crippen molar-refractivity contribution in [2.75, 3.05) is 0 Å². The van der Waals surface area contributed by atoms with Gasteiger partial charge in [-0.2, -0.15) is 0 Å². The predicted octanol–water partition coefficient (Wildman–Crippen LogP) is 2.39. The molecule has 0 aliphatic carbocycles. The van der Waals surface area contributed by atoms with Crippen molar-refractivity contribution in [2.24, 2.45) is 11.7 Å². The summed E-state index contributed by atoms with van der Waals surface area (Å²) in [5, 5.41) is 4.75. The molecule has 1 amide bonds. The largest absolute Gasteiger partial charge is 0.443 e. The number of nitrogens with two attached hydrogens (primary N) is 1. The highest BCUT2D eigenvalue weighted by Gasteiger charge is 2.19. The molecule has 0 bridgehead atoms. The number of oxazole rings is 1. The van der Waals surface area contributed by atoms with Gasteiger partial charge >= 0.3 is 0 Å². The Hall–Kier alpha value is -1.66. The Balaban J connectivity index is 1.90. The van der Waals surface area contributed by atoms with Crippen molar-refractivity contribution in [3.63, 3.8) is 0 Å². The first-order valence-electron chi connectivity index (χ1n) is 6.63. The lowest BCUT2D eigenvalue weighted by atomic mass is 9.99. The maximum Gasteiger partial charge on any atom is 0.237 e. The topological polar surface area (TPSA) is 81.2 Å². The first-order valence-corrected chi connectivity index (χ1v) is 7.51. The van der Waals surface area contributed by atoms with E-state index in [1.54, 1.807) is 17.6 Å². The number of carbonyl (C=O) groups excluding carboxylic acids is 1. The quantitative estimate of drug-likeness (QED) is 0.857. The van der Waals surface area contributed by atoms with Crippen LogP contribution in [-0.4, -0.2) is 16.9 Å². The van der Waals surface area contributed by atoms with Crippen molar-refractivity contribution in [3.05, 3.63) is 29.5 Å². The molecule has 0 aliphatic rings. The van der Waals surface area contributed by atoms with Gasteiger partial charge in [0.2, 0.25) is 11.8 Å². The summed E-state index contributed by atoms with van der Waals surface area (Å²) >= 11 is 1.56. The Kier molecular flexibility index (Phi) is 4.92.